The number of halogens is 3. The van der Waals surface area contributed by atoms with Crippen molar-refractivity contribution in [3.63, 3.8) is 0 Å². The first-order valence-corrected chi connectivity index (χ1v) is 9.34. The Kier molecular flexibility index (Phi) is 6.20. The topological polar surface area (TPSA) is 12.5 Å². The van der Waals surface area contributed by atoms with Gasteiger partial charge in [0, 0.05) is 36.3 Å². The molecule has 25 heavy (non-hydrogen) atoms. The zero-order chi connectivity index (χ0) is 17.8. The quantitative estimate of drug-likeness (QED) is 0.648. The number of hydrogen-bond donors (Lipinski definition) is 0. The fraction of sp³-hybridized carbons (Fsp3) is 0.400. The van der Waals surface area contributed by atoms with E-state index in [1.54, 1.807) is 12.1 Å². The molecule has 0 bridgehead atoms. The zero-order valence-electron chi connectivity index (χ0n) is 14.3. The van der Waals surface area contributed by atoms with Crippen LogP contribution in [0.2, 0.25) is 0 Å². The number of nitrogens with zero attached hydrogens (tertiary/aromatic N) is 1. The standard InChI is InChI=1S/C20H22BrF2NO/c1-14-7-8-15(18(21)10-14)11-24(13-17-5-3-9-25-17)12-16-4-2-6-19(22)20(16)23/h2,4,6-8,10,17H,3,5,9,11-13H2,1H3. The van der Waals surface area contributed by atoms with Gasteiger partial charge in [-0.3, -0.25) is 4.90 Å². The van der Waals surface area contributed by atoms with E-state index < -0.39 is 11.6 Å². The monoisotopic (exact) mass is 409 g/mol. The Bertz CT molecular complexity index is 732. The summed E-state index contributed by atoms with van der Waals surface area (Å²) in [5.41, 5.74) is 2.68. The van der Waals surface area contributed by atoms with Gasteiger partial charge in [0.15, 0.2) is 11.6 Å². The van der Waals surface area contributed by atoms with E-state index in [0.717, 1.165) is 35.6 Å². The van der Waals surface area contributed by atoms with Gasteiger partial charge in [-0.25, -0.2) is 8.78 Å². The Hall–Kier alpha value is -1.30. The Morgan fingerprint density at radius 3 is 2.68 bits per heavy atom. The van der Waals surface area contributed by atoms with Crippen LogP contribution in [0.25, 0.3) is 0 Å². The maximum absolute atomic E-state index is 14.1. The van der Waals surface area contributed by atoms with Crippen LogP contribution in [0.4, 0.5) is 8.78 Å². The van der Waals surface area contributed by atoms with Gasteiger partial charge in [0.05, 0.1) is 6.10 Å². The molecule has 0 aromatic heterocycles. The van der Waals surface area contributed by atoms with Crippen LogP contribution in [0, 0.1) is 18.6 Å². The molecule has 0 spiro atoms. The first-order chi connectivity index (χ1) is 12.0. The highest BCUT2D eigenvalue weighted by Gasteiger charge is 2.21. The van der Waals surface area contributed by atoms with Crippen molar-refractivity contribution in [2.45, 2.75) is 39.0 Å². The summed E-state index contributed by atoms with van der Waals surface area (Å²) in [4.78, 5) is 2.13. The largest absolute Gasteiger partial charge is 0.377 e. The number of rotatable bonds is 6. The number of benzene rings is 2. The lowest BCUT2D eigenvalue weighted by Crippen LogP contribution is -2.32. The van der Waals surface area contributed by atoms with Crippen LogP contribution in [0.1, 0.15) is 29.5 Å². The van der Waals surface area contributed by atoms with Crippen LogP contribution in [-0.2, 0) is 17.8 Å². The molecule has 1 aliphatic heterocycles. The zero-order valence-corrected chi connectivity index (χ0v) is 15.9. The number of hydrogen-bond acceptors (Lipinski definition) is 2. The van der Waals surface area contributed by atoms with Crippen molar-refractivity contribution in [1.82, 2.24) is 4.90 Å². The van der Waals surface area contributed by atoms with Gasteiger partial charge in [0.2, 0.25) is 0 Å². The summed E-state index contributed by atoms with van der Waals surface area (Å²) in [5, 5.41) is 0. The summed E-state index contributed by atoms with van der Waals surface area (Å²) >= 11 is 3.61. The van der Waals surface area contributed by atoms with Crippen LogP contribution in [-0.4, -0.2) is 24.2 Å². The molecular formula is C20H22BrF2NO. The lowest BCUT2D eigenvalue weighted by atomic mass is 10.1. The molecule has 1 saturated heterocycles. The van der Waals surface area contributed by atoms with E-state index in [2.05, 4.69) is 39.0 Å². The molecule has 0 saturated carbocycles. The molecule has 1 aliphatic rings. The fourth-order valence-electron chi connectivity index (χ4n) is 3.19. The van der Waals surface area contributed by atoms with Crippen molar-refractivity contribution in [3.8, 4) is 0 Å². The van der Waals surface area contributed by atoms with Crippen molar-refractivity contribution in [1.29, 1.82) is 0 Å². The third kappa shape index (κ3) is 4.87. The summed E-state index contributed by atoms with van der Waals surface area (Å²) in [7, 11) is 0. The van der Waals surface area contributed by atoms with E-state index in [-0.39, 0.29) is 6.10 Å². The van der Waals surface area contributed by atoms with Gasteiger partial charge >= 0.3 is 0 Å². The lowest BCUT2D eigenvalue weighted by molar-refractivity contribution is 0.0674. The molecule has 2 aromatic rings. The lowest BCUT2D eigenvalue weighted by Gasteiger charge is -2.26. The number of aryl methyl sites for hydroxylation is 1. The average molecular weight is 410 g/mol. The van der Waals surface area contributed by atoms with Crippen molar-refractivity contribution >= 4 is 15.9 Å². The molecule has 1 heterocycles. The van der Waals surface area contributed by atoms with Crippen molar-refractivity contribution in [3.05, 3.63) is 69.2 Å². The first kappa shape index (κ1) is 18.5. The smallest absolute Gasteiger partial charge is 0.163 e. The fourth-order valence-corrected chi connectivity index (χ4v) is 3.81. The summed E-state index contributed by atoms with van der Waals surface area (Å²) < 4.78 is 34.4. The summed E-state index contributed by atoms with van der Waals surface area (Å²) in [5.74, 6) is -1.56. The summed E-state index contributed by atoms with van der Waals surface area (Å²) in [6.45, 7) is 4.53. The van der Waals surface area contributed by atoms with Gasteiger partial charge in [0.1, 0.15) is 0 Å². The second-order valence-electron chi connectivity index (χ2n) is 6.61. The highest BCUT2D eigenvalue weighted by atomic mass is 79.9. The molecule has 134 valence electrons. The minimum absolute atomic E-state index is 0.154. The summed E-state index contributed by atoms with van der Waals surface area (Å²) in [6, 6.07) is 10.6. The van der Waals surface area contributed by atoms with E-state index in [1.165, 1.54) is 5.56 Å². The summed E-state index contributed by atoms with van der Waals surface area (Å²) in [6.07, 6.45) is 2.22. The second-order valence-corrected chi connectivity index (χ2v) is 7.47. The second kappa shape index (κ2) is 8.39. The van der Waals surface area contributed by atoms with Crippen LogP contribution in [0.15, 0.2) is 40.9 Å². The average Bonchev–Trinajstić information content (AvgIpc) is 3.07. The van der Waals surface area contributed by atoms with Gasteiger partial charge in [-0.1, -0.05) is 40.2 Å². The SMILES string of the molecule is Cc1ccc(CN(Cc2cccc(F)c2F)CC2CCCO2)c(Br)c1. The normalized spacial score (nSPS) is 17.4. The molecule has 2 nitrogen and oxygen atoms in total. The predicted octanol–water partition coefficient (Wildman–Crippen LogP) is 5.22. The van der Waals surface area contributed by atoms with Crippen LogP contribution in [0.3, 0.4) is 0 Å². The molecule has 1 fully saturated rings. The van der Waals surface area contributed by atoms with Gasteiger partial charge in [-0.2, -0.15) is 0 Å². The minimum atomic E-state index is -0.800. The van der Waals surface area contributed by atoms with E-state index in [9.17, 15) is 8.78 Å². The van der Waals surface area contributed by atoms with E-state index >= 15 is 0 Å². The van der Waals surface area contributed by atoms with Gasteiger partial charge in [-0.05, 0) is 43.0 Å². The van der Waals surface area contributed by atoms with Crippen molar-refractivity contribution in [2.75, 3.05) is 13.2 Å². The highest BCUT2D eigenvalue weighted by Crippen LogP contribution is 2.23. The molecule has 0 aliphatic carbocycles. The molecular weight excluding hydrogens is 388 g/mol. The van der Waals surface area contributed by atoms with Gasteiger partial charge in [-0.15, -0.1) is 0 Å². The molecule has 0 N–H and O–H groups in total. The molecule has 2 aromatic carbocycles. The first-order valence-electron chi connectivity index (χ1n) is 8.55. The van der Waals surface area contributed by atoms with Crippen LogP contribution < -0.4 is 0 Å². The van der Waals surface area contributed by atoms with Crippen LogP contribution >= 0.6 is 15.9 Å². The molecule has 3 rings (SSSR count). The van der Waals surface area contributed by atoms with E-state index in [0.29, 0.717) is 25.2 Å². The molecule has 1 atom stereocenters. The third-order valence-electron chi connectivity index (χ3n) is 4.51. The molecule has 5 heteroatoms. The molecule has 0 radical (unpaired) electrons. The van der Waals surface area contributed by atoms with Gasteiger partial charge < -0.3 is 4.74 Å². The van der Waals surface area contributed by atoms with Crippen molar-refractivity contribution in [2.24, 2.45) is 0 Å². The minimum Gasteiger partial charge on any atom is -0.377 e. The molecule has 0 amide bonds. The highest BCUT2D eigenvalue weighted by molar-refractivity contribution is 9.10. The van der Waals surface area contributed by atoms with E-state index in [1.807, 2.05) is 6.92 Å². The third-order valence-corrected chi connectivity index (χ3v) is 5.25. The Morgan fingerprint density at radius 2 is 1.96 bits per heavy atom. The van der Waals surface area contributed by atoms with Crippen LogP contribution in [0.5, 0.6) is 0 Å². The predicted molar refractivity (Wildman–Crippen MR) is 98.3 cm³/mol. The molecule has 1 unspecified atom stereocenters. The van der Waals surface area contributed by atoms with Crippen molar-refractivity contribution < 1.29 is 13.5 Å². The Morgan fingerprint density at radius 1 is 1.16 bits per heavy atom. The van der Waals surface area contributed by atoms with Gasteiger partial charge in [0.25, 0.3) is 0 Å². The number of ether oxygens (including phenoxy) is 1. The Balaban J connectivity index is 1.79. The maximum atomic E-state index is 14.1. The van der Waals surface area contributed by atoms with E-state index in [4.69, 9.17) is 4.74 Å². The Labute approximate surface area is 155 Å². The maximum Gasteiger partial charge on any atom is 0.163 e.